The fraction of sp³-hybridized carbons (Fsp3) is 0.682. The third kappa shape index (κ3) is 3.97. The first kappa shape index (κ1) is 21.6. The van der Waals surface area contributed by atoms with Gasteiger partial charge in [0.25, 0.3) is 0 Å². The van der Waals surface area contributed by atoms with Gasteiger partial charge in [0.1, 0.15) is 10.6 Å². The molecule has 1 aromatic rings. The molecule has 7 nitrogen and oxygen atoms in total. The maximum Gasteiger partial charge on any atom is 0.246 e. The van der Waals surface area contributed by atoms with E-state index in [2.05, 4.69) is 5.32 Å². The maximum absolute atomic E-state index is 12.9. The van der Waals surface area contributed by atoms with Crippen molar-refractivity contribution in [3.05, 3.63) is 18.2 Å². The molecule has 2 atom stereocenters. The molecule has 166 valence electrons. The molecule has 0 spiro atoms. The number of hydrogen-bond donors (Lipinski definition) is 2. The van der Waals surface area contributed by atoms with Crippen LogP contribution in [0.1, 0.15) is 51.9 Å². The quantitative estimate of drug-likeness (QED) is 0.685. The Labute approximate surface area is 178 Å². The molecular weight excluding hydrogens is 404 g/mol. The summed E-state index contributed by atoms with van der Waals surface area (Å²) in [5.41, 5.74) is -0.296. The van der Waals surface area contributed by atoms with E-state index in [1.54, 1.807) is 19.1 Å². The van der Waals surface area contributed by atoms with E-state index < -0.39 is 15.6 Å². The fourth-order valence-corrected chi connectivity index (χ4v) is 7.46. The van der Waals surface area contributed by atoms with E-state index in [9.17, 15) is 18.3 Å². The highest BCUT2D eigenvalue weighted by Gasteiger charge is 2.57. The van der Waals surface area contributed by atoms with E-state index in [0.29, 0.717) is 37.0 Å². The average Bonchev–Trinajstić information content (AvgIpc) is 2.60. The minimum absolute atomic E-state index is 0.0382. The molecule has 1 amide bonds. The Hall–Kier alpha value is -1.64. The van der Waals surface area contributed by atoms with Crippen LogP contribution in [-0.4, -0.2) is 50.0 Å². The number of benzene rings is 1. The predicted octanol–water partition coefficient (Wildman–Crippen LogP) is 3.00. The van der Waals surface area contributed by atoms with Crippen molar-refractivity contribution in [1.29, 1.82) is 0 Å². The first-order valence-electron chi connectivity index (χ1n) is 10.8. The molecule has 4 aliphatic rings. The van der Waals surface area contributed by atoms with Crippen LogP contribution in [0.2, 0.25) is 0 Å². The number of hydrogen-bond acceptors (Lipinski definition) is 5. The van der Waals surface area contributed by atoms with Crippen LogP contribution in [0.15, 0.2) is 23.1 Å². The molecule has 8 heteroatoms. The van der Waals surface area contributed by atoms with Gasteiger partial charge < -0.3 is 15.2 Å². The van der Waals surface area contributed by atoms with Gasteiger partial charge in [0.05, 0.1) is 12.2 Å². The monoisotopic (exact) mass is 436 g/mol. The van der Waals surface area contributed by atoms with Crippen LogP contribution in [0.3, 0.4) is 0 Å². The standard InChI is InChI=1S/C22H32N2O5S/c1-4-29-18-6-5-17(8-19(18)30(27,28)24(2)3)23-20(25)13-21-9-15-7-16(10-21)12-22(26,11-15)14-21/h5-6,8,15-16,26H,4,7,9-14H2,1-3H3,(H,23,25). The van der Waals surface area contributed by atoms with Gasteiger partial charge in [-0.15, -0.1) is 0 Å². The second-order valence-corrected chi connectivity index (χ2v) is 11.9. The summed E-state index contributed by atoms with van der Waals surface area (Å²) in [6, 6.07) is 4.72. The van der Waals surface area contributed by atoms with Crippen molar-refractivity contribution in [2.75, 3.05) is 26.0 Å². The molecule has 0 saturated heterocycles. The third-order valence-corrected chi connectivity index (χ3v) is 8.81. The smallest absolute Gasteiger partial charge is 0.246 e. The van der Waals surface area contributed by atoms with E-state index in [1.807, 2.05) is 0 Å². The van der Waals surface area contributed by atoms with Crippen molar-refractivity contribution < 1.29 is 23.1 Å². The molecule has 4 fully saturated rings. The van der Waals surface area contributed by atoms with Crippen LogP contribution in [-0.2, 0) is 14.8 Å². The molecule has 2 N–H and O–H groups in total. The molecule has 5 rings (SSSR count). The number of nitrogens with one attached hydrogen (secondary N) is 1. The Kier molecular flexibility index (Phi) is 5.39. The second-order valence-electron chi connectivity index (χ2n) is 9.79. The minimum Gasteiger partial charge on any atom is -0.492 e. The molecule has 0 radical (unpaired) electrons. The van der Waals surface area contributed by atoms with Crippen molar-refractivity contribution in [2.45, 2.75) is 62.4 Å². The summed E-state index contributed by atoms with van der Waals surface area (Å²) in [5, 5.41) is 13.8. The molecule has 1 aromatic carbocycles. The Bertz CT molecular complexity index is 929. The van der Waals surface area contributed by atoms with Crippen LogP contribution in [0, 0.1) is 17.3 Å². The number of ether oxygens (including phenoxy) is 1. The van der Waals surface area contributed by atoms with Gasteiger partial charge in [0, 0.05) is 26.2 Å². The first-order chi connectivity index (χ1) is 14.0. The molecule has 0 aromatic heterocycles. The Balaban J connectivity index is 1.53. The van der Waals surface area contributed by atoms with Gasteiger partial charge in [0.2, 0.25) is 15.9 Å². The first-order valence-corrected chi connectivity index (χ1v) is 12.2. The van der Waals surface area contributed by atoms with Crippen molar-refractivity contribution in [1.82, 2.24) is 4.31 Å². The fourth-order valence-electron chi connectivity index (χ4n) is 6.41. The van der Waals surface area contributed by atoms with Gasteiger partial charge in [-0.2, -0.15) is 0 Å². The molecule has 4 saturated carbocycles. The van der Waals surface area contributed by atoms with Gasteiger partial charge in [-0.3, -0.25) is 4.79 Å². The predicted molar refractivity (Wildman–Crippen MR) is 114 cm³/mol. The van der Waals surface area contributed by atoms with Gasteiger partial charge in [-0.05, 0) is 80.9 Å². The zero-order valence-corrected chi connectivity index (χ0v) is 18.8. The van der Waals surface area contributed by atoms with E-state index in [0.717, 1.165) is 30.0 Å². The second kappa shape index (κ2) is 7.50. The Morgan fingerprint density at radius 2 is 1.90 bits per heavy atom. The minimum atomic E-state index is -3.72. The third-order valence-electron chi connectivity index (χ3n) is 6.97. The van der Waals surface area contributed by atoms with Gasteiger partial charge in [-0.25, -0.2) is 12.7 Å². The van der Waals surface area contributed by atoms with Crippen molar-refractivity contribution in [3.8, 4) is 5.75 Å². The number of nitrogens with zero attached hydrogens (tertiary/aromatic N) is 1. The van der Waals surface area contributed by atoms with E-state index in [-0.39, 0.29) is 22.0 Å². The number of rotatable bonds is 7. The summed E-state index contributed by atoms with van der Waals surface area (Å²) < 4.78 is 32.0. The van der Waals surface area contributed by atoms with Crippen LogP contribution in [0.5, 0.6) is 5.75 Å². The Morgan fingerprint density at radius 1 is 1.23 bits per heavy atom. The SMILES string of the molecule is CCOc1ccc(NC(=O)CC23CC4CC(CC(O)(C4)C2)C3)cc1S(=O)(=O)N(C)C. The van der Waals surface area contributed by atoms with Crippen LogP contribution >= 0.6 is 0 Å². The molecule has 30 heavy (non-hydrogen) atoms. The summed E-state index contributed by atoms with van der Waals surface area (Å²) >= 11 is 0. The number of anilines is 1. The summed E-state index contributed by atoms with van der Waals surface area (Å²) in [6.45, 7) is 2.14. The van der Waals surface area contributed by atoms with E-state index in [4.69, 9.17) is 4.74 Å². The summed E-state index contributed by atoms with van der Waals surface area (Å²) in [7, 11) is -0.783. The normalized spacial score (nSPS) is 32.4. The highest BCUT2D eigenvalue weighted by Crippen LogP contribution is 2.62. The largest absolute Gasteiger partial charge is 0.492 e. The number of sulfonamides is 1. The molecule has 2 unspecified atom stereocenters. The van der Waals surface area contributed by atoms with Gasteiger partial charge in [0.15, 0.2) is 0 Å². The molecular formula is C22H32N2O5S. The lowest BCUT2D eigenvalue weighted by atomic mass is 9.47. The highest BCUT2D eigenvalue weighted by molar-refractivity contribution is 7.89. The molecule has 4 bridgehead atoms. The summed E-state index contributed by atoms with van der Waals surface area (Å²) in [6.07, 6.45) is 5.99. The average molecular weight is 437 g/mol. The van der Waals surface area contributed by atoms with Crippen LogP contribution < -0.4 is 10.1 Å². The lowest BCUT2D eigenvalue weighted by Crippen LogP contribution is -2.56. The Morgan fingerprint density at radius 3 is 2.47 bits per heavy atom. The van der Waals surface area contributed by atoms with Crippen LogP contribution in [0.4, 0.5) is 5.69 Å². The van der Waals surface area contributed by atoms with Crippen molar-refractivity contribution in [3.63, 3.8) is 0 Å². The maximum atomic E-state index is 12.9. The molecule has 0 heterocycles. The number of amides is 1. The number of carbonyl (C=O) groups excluding carboxylic acids is 1. The lowest BCUT2D eigenvalue weighted by Gasteiger charge is -2.60. The van der Waals surface area contributed by atoms with Crippen LogP contribution in [0.25, 0.3) is 0 Å². The molecule has 0 aliphatic heterocycles. The summed E-state index contributed by atoms with van der Waals surface area (Å²) in [5.74, 6) is 1.18. The van der Waals surface area contributed by atoms with Crippen molar-refractivity contribution in [2.24, 2.45) is 17.3 Å². The topological polar surface area (TPSA) is 95.9 Å². The zero-order valence-electron chi connectivity index (χ0n) is 18.0. The summed E-state index contributed by atoms with van der Waals surface area (Å²) in [4.78, 5) is 13.0. The van der Waals surface area contributed by atoms with E-state index in [1.165, 1.54) is 26.6 Å². The zero-order chi connectivity index (χ0) is 21.7. The highest BCUT2D eigenvalue weighted by atomic mass is 32.2. The lowest BCUT2D eigenvalue weighted by molar-refractivity contribution is -0.167. The number of carbonyl (C=O) groups is 1. The number of aliphatic hydroxyl groups is 1. The van der Waals surface area contributed by atoms with Gasteiger partial charge in [-0.1, -0.05) is 0 Å². The van der Waals surface area contributed by atoms with E-state index >= 15 is 0 Å². The van der Waals surface area contributed by atoms with Gasteiger partial charge >= 0.3 is 0 Å². The van der Waals surface area contributed by atoms with Crippen molar-refractivity contribution >= 4 is 21.6 Å². The molecule has 4 aliphatic carbocycles.